The van der Waals surface area contributed by atoms with Gasteiger partial charge < -0.3 is 21.3 Å². The largest absolute Gasteiger partial charge is 0.322 e. The Morgan fingerprint density at radius 2 is 1.11 bits per heavy atom. The number of aromatic nitrogens is 1. The lowest BCUT2D eigenvalue weighted by Crippen LogP contribution is -2.20. The molecule has 0 spiro atoms. The first-order valence-electron chi connectivity index (χ1n) is 12.2. The monoisotopic (exact) mass is 479 g/mol. The van der Waals surface area contributed by atoms with E-state index in [1.165, 1.54) is 23.5 Å². The third-order valence-corrected chi connectivity index (χ3v) is 6.42. The first kappa shape index (κ1) is 23.7. The maximum Gasteiger partial charge on any atom is 0.257 e. The van der Waals surface area contributed by atoms with Crippen LogP contribution in [0.3, 0.4) is 0 Å². The molecular formula is C29H29N5O2. The van der Waals surface area contributed by atoms with Gasteiger partial charge in [-0.3, -0.25) is 14.6 Å². The van der Waals surface area contributed by atoms with E-state index < -0.39 is 0 Å². The van der Waals surface area contributed by atoms with E-state index in [1.54, 1.807) is 6.07 Å². The number of carbonyl (C=O) groups excluding carboxylic acids is 2. The fourth-order valence-electron chi connectivity index (χ4n) is 4.40. The quantitative estimate of drug-likeness (QED) is 0.422. The molecule has 36 heavy (non-hydrogen) atoms. The van der Waals surface area contributed by atoms with Crippen molar-refractivity contribution in [2.45, 2.75) is 12.8 Å². The summed E-state index contributed by atoms with van der Waals surface area (Å²) in [5.74, 6) is -0.629. The summed E-state index contributed by atoms with van der Waals surface area (Å²) < 4.78 is 0. The molecule has 2 aromatic carbocycles. The molecule has 1 aromatic heterocycles. The van der Waals surface area contributed by atoms with Crippen LogP contribution in [0, 0.1) is 0 Å². The molecule has 0 fully saturated rings. The van der Waals surface area contributed by atoms with Crippen LogP contribution in [0.25, 0.3) is 11.1 Å². The van der Waals surface area contributed by atoms with Crippen LogP contribution in [0.1, 0.15) is 44.7 Å². The van der Waals surface area contributed by atoms with Crippen LogP contribution in [-0.4, -0.2) is 43.0 Å². The Kier molecular flexibility index (Phi) is 7.30. The van der Waals surface area contributed by atoms with E-state index in [0.717, 1.165) is 50.1 Å². The lowest BCUT2D eigenvalue weighted by atomic mass is 10.00. The molecule has 2 aliphatic rings. The predicted octanol–water partition coefficient (Wildman–Crippen LogP) is 4.34. The normalized spacial score (nSPS) is 15.4. The van der Waals surface area contributed by atoms with Crippen LogP contribution < -0.4 is 21.3 Å². The summed E-state index contributed by atoms with van der Waals surface area (Å²) in [5.41, 5.74) is 6.97. The van der Waals surface area contributed by atoms with E-state index in [1.807, 2.05) is 48.5 Å². The Bertz CT molecular complexity index is 1210. The van der Waals surface area contributed by atoms with Gasteiger partial charge in [-0.25, -0.2) is 0 Å². The molecule has 0 atom stereocenters. The zero-order chi connectivity index (χ0) is 24.7. The van der Waals surface area contributed by atoms with E-state index in [4.69, 9.17) is 0 Å². The molecule has 182 valence electrons. The second kappa shape index (κ2) is 11.1. The van der Waals surface area contributed by atoms with Gasteiger partial charge in [0.25, 0.3) is 11.8 Å². The summed E-state index contributed by atoms with van der Waals surface area (Å²) in [6, 6.07) is 17.2. The van der Waals surface area contributed by atoms with Crippen LogP contribution >= 0.6 is 0 Å². The molecule has 0 unspecified atom stereocenters. The number of hydrogen-bond acceptors (Lipinski definition) is 5. The van der Waals surface area contributed by atoms with Crippen molar-refractivity contribution in [1.82, 2.24) is 15.6 Å². The molecular weight excluding hydrogens is 450 g/mol. The molecule has 7 heteroatoms. The fourth-order valence-corrected chi connectivity index (χ4v) is 4.40. The molecule has 7 nitrogen and oxygen atoms in total. The zero-order valence-corrected chi connectivity index (χ0v) is 20.0. The topological polar surface area (TPSA) is 95.2 Å². The lowest BCUT2D eigenvalue weighted by Gasteiger charge is -2.15. The summed E-state index contributed by atoms with van der Waals surface area (Å²) in [7, 11) is 0. The van der Waals surface area contributed by atoms with Gasteiger partial charge in [-0.05, 0) is 78.5 Å². The van der Waals surface area contributed by atoms with Gasteiger partial charge in [0, 0.05) is 36.9 Å². The van der Waals surface area contributed by atoms with Crippen LogP contribution in [0.2, 0.25) is 0 Å². The van der Waals surface area contributed by atoms with Gasteiger partial charge in [0.1, 0.15) is 0 Å². The third-order valence-electron chi connectivity index (χ3n) is 6.42. The smallest absolute Gasteiger partial charge is 0.257 e. The standard InChI is InChI=1S/C29H29N5O2/c35-28(33-26-5-1-20(2-6-26)22-9-13-30-14-10-22)24-17-25(19-32-18-24)29(36)34-27-7-3-21(4-8-27)23-11-15-31-16-12-23/h1-9,11,17-19,30-31H,10,12-16H2,(H,33,35)(H,34,36). The maximum atomic E-state index is 12.8. The van der Waals surface area contributed by atoms with Crippen LogP contribution in [0.15, 0.2) is 79.1 Å². The summed E-state index contributed by atoms with van der Waals surface area (Å²) >= 11 is 0. The number of nitrogens with zero attached hydrogens (tertiary/aromatic N) is 1. The van der Waals surface area contributed by atoms with E-state index in [0.29, 0.717) is 22.5 Å². The molecule has 0 saturated heterocycles. The van der Waals surface area contributed by atoms with Crippen molar-refractivity contribution in [1.29, 1.82) is 0 Å². The molecule has 3 heterocycles. The number of anilines is 2. The van der Waals surface area contributed by atoms with Gasteiger partial charge in [-0.2, -0.15) is 0 Å². The minimum absolute atomic E-state index is 0.314. The second-order valence-corrected chi connectivity index (χ2v) is 8.89. The molecule has 0 aliphatic carbocycles. The minimum Gasteiger partial charge on any atom is -0.322 e. The number of amides is 2. The van der Waals surface area contributed by atoms with Gasteiger partial charge in [0.2, 0.25) is 0 Å². The molecule has 0 saturated carbocycles. The molecule has 0 radical (unpaired) electrons. The average Bonchev–Trinajstić information content (AvgIpc) is 2.95. The van der Waals surface area contributed by atoms with Crippen molar-refractivity contribution < 1.29 is 9.59 Å². The second-order valence-electron chi connectivity index (χ2n) is 8.89. The summed E-state index contributed by atoms with van der Waals surface area (Å²) in [6.07, 6.45) is 9.29. The number of carbonyl (C=O) groups is 2. The van der Waals surface area contributed by atoms with Crippen LogP contribution in [-0.2, 0) is 0 Å². The minimum atomic E-state index is -0.314. The number of hydrogen-bond donors (Lipinski definition) is 4. The number of benzene rings is 2. The highest BCUT2D eigenvalue weighted by molar-refractivity contribution is 6.08. The summed E-state index contributed by atoms with van der Waals surface area (Å²) in [6.45, 7) is 3.71. The Hall–Kier alpha value is -4.07. The summed E-state index contributed by atoms with van der Waals surface area (Å²) in [4.78, 5) is 29.7. The highest BCUT2D eigenvalue weighted by atomic mass is 16.2. The first-order valence-corrected chi connectivity index (χ1v) is 12.2. The van der Waals surface area contributed by atoms with Crippen LogP contribution in [0.4, 0.5) is 11.4 Å². The molecule has 0 bridgehead atoms. The molecule has 2 amide bonds. The van der Waals surface area contributed by atoms with Gasteiger partial charge >= 0.3 is 0 Å². The molecule has 2 aliphatic heterocycles. The predicted molar refractivity (Wildman–Crippen MR) is 144 cm³/mol. The SMILES string of the molecule is O=C(Nc1ccc(C2=CCNCC2)cc1)c1cncc(C(=O)Nc2ccc(C3=CCNCC3)cc2)c1. The Labute approximate surface area is 210 Å². The molecule has 5 rings (SSSR count). The number of rotatable bonds is 6. The van der Waals surface area contributed by atoms with Crippen molar-refractivity contribution in [3.63, 3.8) is 0 Å². The zero-order valence-electron chi connectivity index (χ0n) is 20.0. The van der Waals surface area contributed by atoms with Crippen molar-refractivity contribution in [2.24, 2.45) is 0 Å². The Balaban J connectivity index is 1.21. The highest BCUT2D eigenvalue weighted by Gasteiger charge is 2.13. The maximum absolute atomic E-state index is 12.8. The Morgan fingerprint density at radius 3 is 1.50 bits per heavy atom. The van der Waals surface area contributed by atoms with Crippen molar-refractivity contribution in [3.8, 4) is 0 Å². The van der Waals surface area contributed by atoms with Gasteiger partial charge in [-0.15, -0.1) is 0 Å². The van der Waals surface area contributed by atoms with E-state index in [-0.39, 0.29) is 11.8 Å². The average molecular weight is 480 g/mol. The van der Waals surface area contributed by atoms with Crippen molar-refractivity contribution in [3.05, 3.63) is 101 Å². The first-order chi connectivity index (χ1) is 17.7. The van der Waals surface area contributed by atoms with E-state index in [2.05, 4.69) is 38.4 Å². The number of pyridine rings is 1. The van der Waals surface area contributed by atoms with Crippen molar-refractivity contribution >= 4 is 34.3 Å². The third kappa shape index (κ3) is 5.76. The van der Waals surface area contributed by atoms with E-state index in [9.17, 15) is 9.59 Å². The van der Waals surface area contributed by atoms with Gasteiger partial charge in [-0.1, -0.05) is 36.4 Å². The van der Waals surface area contributed by atoms with Gasteiger partial charge in [0.05, 0.1) is 11.1 Å². The highest BCUT2D eigenvalue weighted by Crippen LogP contribution is 2.23. The summed E-state index contributed by atoms with van der Waals surface area (Å²) in [5, 5.41) is 12.4. The van der Waals surface area contributed by atoms with Gasteiger partial charge in [0.15, 0.2) is 0 Å². The fraction of sp³-hybridized carbons (Fsp3) is 0.207. The van der Waals surface area contributed by atoms with E-state index >= 15 is 0 Å². The number of nitrogens with one attached hydrogen (secondary N) is 4. The van der Waals surface area contributed by atoms with Crippen LogP contribution in [0.5, 0.6) is 0 Å². The molecule has 3 aromatic rings. The van der Waals surface area contributed by atoms with Crippen molar-refractivity contribution in [2.75, 3.05) is 36.8 Å². The Morgan fingerprint density at radius 1 is 0.667 bits per heavy atom. The molecule has 4 N–H and O–H groups in total. The lowest BCUT2D eigenvalue weighted by molar-refractivity contribution is 0.102.